The van der Waals surface area contributed by atoms with Crippen molar-refractivity contribution in [2.75, 3.05) is 27.2 Å². The number of ether oxygens (including phenoxy) is 2. The number of hydrogen-bond donors (Lipinski definition) is 1. The number of benzene rings is 1. The Morgan fingerprint density at radius 3 is 2.63 bits per heavy atom. The van der Waals surface area contributed by atoms with Crippen LogP contribution in [-0.4, -0.2) is 38.3 Å². The predicted molar refractivity (Wildman–Crippen MR) is 73.1 cm³/mol. The molecule has 0 saturated carbocycles. The molecular formula is C14H22N2O3. The van der Waals surface area contributed by atoms with Crippen LogP contribution in [0.1, 0.15) is 18.4 Å². The molecule has 0 aromatic heterocycles. The standard InChI is InChI=1S/C14H22N2O3/c1-16-7-5-12(6-8-16)19-14-9-11(10-18-15)3-4-13(14)17-2/h3-4,9,12H,5-8,10,15H2,1-2H3. The number of nitrogens with two attached hydrogens (primary N) is 1. The van der Waals surface area contributed by atoms with Crippen molar-refractivity contribution in [3.8, 4) is 11.5 Å². The molecule has 1 aromatic rings. The van der Waals surface area contributed by atoms with E-state index in [0.29, 0.717) is 6.61 Å². The Balaban J connectivity index is 2.06. The second kappa shape index (κ2) is 6.75. The van der Waals surface area contributed by atoms with Gasteiger partial charge in [-0.2, -0.15) is 0 Å². The lowest BCUT2D eigenvalue weighted by Crippen LogP contribution is -2.35. The lowest BCUT2D eigenvalue weighted by molar-refractivity contribution is 0.109. The fourth-order valence-electron chi connectivity index (χ4n) is 2.28. The highest BCUT2D eigenvalue weighted by atomic mass is 16.6. The van der Waals surface area contributed by atoms with E-state index in [1.165, 1.54) is 0 Å². The summed E-state index contributed by atoms with van der Waals surface area (Å²) in [5.41, 5.74) is 0.978. The van der Waals surface area contributed by atoms with Crippen molar-refractivity contribution in [3.63, 3.8) is 0 Å². The quantitative estimate of drug-likeness (QED) is 0.820. The molecule has 0 spiro atoms. The molecule has 1 aliphatic heterocycles. The molecule has 2 rings (SSSR count). The van der Waals surface area contributed by atoms with Gasteiger partial charge in [0.05, 0.1) is 13.7 Å². The van der Waals surface area contributed by atoms with Crippen molar-refractivity contribution in [3.05, 3.63) is 23.8 Å². The van der Waals surface area contributed by atoms with Crippen LogP contribution in [-0.2, 0) is 11.4 Å². The van der Waals surface area contributed by atoms with Gasteiger partial charge in [0.25, 0.3) is 0 Å². The van der Waals surface area contributed by atoms with E-state index in [1.54, 1.807) is 7.11 Å². The predicted octanol–water partition coefficient (Wildman–Crippen LogP) is 1.56. The first kappa shape index (κ1) is 14.1. The molecule has 5 heteroatoms. The van der Waals surface area contributed by atoms with E-state index in [0.717, 1.165) is 43.0 Å². The Labute approximate surface area is 114 Å². The zero-order valence-electron chi connectivity index (χ0n) is 11.6. The minimum absolute atomic E-state index is 0.249. The Morgan fingerprint density at radius 2 is 2.00 bits per heavy atom. The highest BCUT2D eigenvalue weighted by Crippen LogP contribution is 2.30. The van der Waals surface area contributed by atoms with Gasteiger partial charge in [0, 0.05) is 13.1 Å². The van der Waals surface area contributed by atoms with E-state index in [9.17, 15) is 0 Å². The van der Waals surface area contributed by atoms with Crippen LogP contribution < -0.4 is 15.4 Å². The van der Waals surface area contributed by atoms with Crippen molar-refractivity contribution in [2.24, 2.45) is 5.90 Å². The Morgan fingerprint density at radius 1 is 1.26 bits per heavy atom. The van der Waals surface area contributed by atoms with Crippen molar-refractivity contribution in [1.29, 1.82) is 0 Å². The summed E-state index contributed by atoms with van der Waals surface area (Å²) >= 11 is 0. The van der Waals surface area contributed by atoms with Gasteiger partial charge in [0.1, 0.15) is 6.10 Å². The number of rotatable bonds is 5. The summed E-state index contributed by atoms with van der Waals surface area (Å²) in [6.45, 7) is 2.50. The zero-order chi connectivity index (χ0) is 13.7. The molecule has 0 amide bonds. The van der Waals surface area contributed by atoms with Gasteiger partial charge in [-0.05, 0) is 37.6 Å². The molecule has 19 heavy (non-hydrogen) atoms. The minimum Gasteiger partial charge on any atom is -0.493 e. The molecule has 5 nitrogen and oxygen atoms in total. The van der Waals surface area contributed by atoms with Crippen molar-refractivity contribution < 1.29 is 14.3 Å². The smallest absolute Gasteiger partial charge is 0.161 e. The van der Waals surface area contributed by atoms with Crippen LogP contribution in [0.25, 0.3) is 0 Å². The first-order valence-electron chi connectivity index (χ1n) is 6.56. The minimum atomic E-state index is 0.249. The van der Waals surface area contributed by atoms with Gasteiger partial charge >= 0.3 is 0 Å². The first-order valence-corrected chi connectivity index (χ1v) is 6.56. The Bertz CT molecular complexity index is 404. The van der Waals surface area contributed by atoms with E-state index in [4.69, 9.17) is 15.4 Å². The third kappa shape index (κ3) is 3.83. The molecule has 1 aromatic carbocycles. The van der Waals surface area contributed by atoms with Crippen molar-refractivity contribution in [2.45, 2.75) is 25.6 Å². The van der Waals surface area contributed by atoms with Crippen LogP contribution in [0.2, 0.25) is 0 Å². The second-order valence-electron chi connectivity index (χ2n) is 4.92. The van der Waals surface area contributed by atoms with Crippen LogP contribution in [0.5, 0.6) is 11.5 Å². The first-order chi connectivity index (χ1) is 9.22. The molecule has 1 heterocycles. The fraction of sp³-hybridized carbons (Fsp3) is 0.571. The van der Waals surface area contributed by atoms with E-state index in [1.807, 2.05) is 18.2 Å². The average molecular weight is 266 g/mol. The van der Waals surface area contributed by atoms with Gasteiger partial charge in [-0.15, -0.1) is 0 Å². The van der Waals surface area contributed by atoms with E-state index in [-0.39, 0.29) is 6.10 Å². The molecule has 0 atom stereocenters. The van der Waals surface area contributed by atoms with Crippen molar-refractivity contribution in [1.82, 2.24) is 4.90 Å². The molecular weight excluding hydrogens is 244 g/mol. The molecule has 1 fully saturated rings. The molecule has 1 aliphatic rings. The molecule has 2 N–H and O–H groups in total. The van der Waals surface area contributed by atoms with E-state index >= 15 is 0 Å². The lowest BCUT2D eigenvalue weighted by atomic mass is 10.1. The molecule has 0 radical (unpaired) electrons. The third-order valence-electron chi connectivity index (χ3n) is 3.44. The number of methoxy groups -OCH3 is 1. The lowest BCUT2D eigenvalue weighted by Gasteiger charge is -2.29. The van der Waals surface area contributed by atoms with Crippen LogP contribution in [0.15, 0.2) is 18.2 Å². The van der Waals surface area contributed by atoms with E-state index in [2.05, 4.69) is 16.8 Å². The van der Waals surface area contributed by atoms with Crippen LogP contribution in [0, 0.1) is 0 Å². The summed E-state index contributed by atoms with van der Waals surface area (Å²) in [7, 11) is 3.78. The average Bonchev–Trinajstić information content (AvgIpc) is 2.42. The number of piperidine rings is 1. The van der Waals surface area contributed by atoms with Gasteiger partial charge in [0.2, 0.25) is 0 Å². The summed E-state index contributed by atoms with van der Waals surface area (Å²) in [6.07, 6.45) is 2.33. The zero-order valence-corrected chi connectivity index (χ0v) is 11.6. The van der Waals surface area contributed by atoms with Gasteiger partial charge < -0.3 is 14.4 Å². The summed E-state index contributed by atoms with van der Waals surface area (Å²) < 4.78 is 11.4. The molecule has 0 bridgehead atoms. The van der Waals surface area contributed by atoms with Gasteiger partial charge in [-0.25, -0.2) is 5.90 Å². The van der Waals surface area contributed by atoms with Crippen LogP contribution >= 0.6 is 0 Å². The van der Waals surface area contributed by atoms with Gasteiger partial charge in [-0.3, -0.25) is 4.84 Å². The summed E-state index contributed by atoms with van der Waals surface area (Å²) in [5, 5.41) is 0. The summed E-state index contributed by atoms with van der Waals surface area (Å²) in [4.78, 5) is 6.97. The molecule has 0 unspecified atom stereocenters. The van der Waals surface area contributed by atoms with Gasteiger partial charge in [0.15, 0.2) is 11.5 Å². The summed E-state index contributed by atoms with van der Waals surface area (Å²) in [5.74, 6) is 6.62. The Hall–Kier alpha value is -1.30. The molecule has 0 aliphatic carbocycles. The highest BCUT2D eigenvalue weighted by molar-refractivity contribution is 5.43. The van der Waals surface area contributed by atoms with Crippen LogP contribution in [0.3, 0.4) is 0 Å². The topological polar surface area (TPSA) is 57.0 Å². The maximum atomic E-state index is 6.06. The summed E-state index contributed by atoms with van der Waals surface area (Å²) in [6, 6.07) is 5.75. The van der Waals surface area contributed by atoms with E-state index < -0.39 is 0 Å². The number of likely N-dealkylation sites (tertiary alicyclic amines) is 1. The number of hydrogen-bond acceptors (Lipinski definition) is 5. The van der Waals surface area contributed by atoms with Crippen molar-refractivity contribution >= 4 is 0 Å². The largest absolute Gasteiger partial charge is 0.493 e. The Kier molecular flexibility index (Phi) is 5.01. The fourth-order valence-corrected chi connectivity index (χ4v) is 2.28. The SMILES string of the molecule is COc1ccc(CON)cc1OC1CCN(C)CC1. The highest BCUT2D eigenvalue weighted by Gasteiger charge is 2.19. The van der Waals surface area contributed by atoms with Gasteiger partial charge in [-0.1, -0.05) is 6.07 Å². The monoisotopic (exact) mass is 266 g/mol. The third-order valence-corrected chi connectivity index (χ3v) is 3.44. The number of nitrogens with zero attached hydrogens (tertiary/aromatic N) is 1. The second-order valence-corrected chi connectivity index (χ2v) is 4.92. The van der Waals surface area contributed by atoms with Crippen LogP contribution in [0.4, 0.5) is 0 Å². The maximum Gasteiger partial charge on any atom is 0.161 e. The maximum absolute atomic E-state index is 6.06. The normalized spacial score (nSPS) is 17.4. The molecule has 1 saturated heterocycles. The molecule has 106 valence electrons.